The number of thiocarbonyl (C=S) groups is 1. The molecule has 3 N–H and O–H groups in total. The molecule has 0 spiro atoms. The fourth-order valence-electron chi connectivity index (χ4n) is 1.71. The number of amidine groups is 1. The Hall–Kier alpha value is -1.76. The smallest absolute Gasteiger partial charge is 0.202 e. The van der Waals surface area contributed by atoms with Crippen molar-refractivity contribution in [3.63, 3.8) is 0 Å². The highest BCUT2D eigenvalue weighted by Gasteiger charge is 2.16. The fourth-order valence-corrected chi connectivity index (χ4v) is 2.97. The van der Waals surface area contributed by atoms with Crippen LogP contribution in [0, 0.1) is 5.82 Å². The molecule has 0 saturated heterocycles. The maximum Gasteiger partial charge on any atom is 0.202 e. The summed E-state index contributed by atoms with van der Waals surface area (Å²) in [5.74, 6) is 0.598. The lowest BCUT2D eigenvalue weighted by Crippen LogP contribution is -2.22. The molecule has 8 nitrogen and oxygen atoms in total. The van der Waals surface area contributed by atoms with Crippen LogP contribution in [0.3, 0.4) is 0 Å². The monoisotopic (exact) mass is 462 g/mol. The highest BCUT2D eigenvalue weighted by Crippen LogP contribution is 2.23. The Labute approximate surface area is 167 Å². The molecule has 1 aromatic carbocycles. The van der Waals surface area contributed by atoms with Gasteiger partial charge in [0.1, 0.15) is 10.1 Å². The normalized spacial score (nSPS) is 11.3. The third-order valence-corrected chi connectivity index (χ3v) is 5.29. The molecular formula is C14H16BrFN6O2S2. The minimum Gasteiger partial charge on any atom is -0.364 e. The molecule has 2 rings (SSSR count). The van der Waals surface area contributed by atoms with Gasteiger partial charge < -0.3 is 10.2 Å². The van der Waals surface area contributed by atoms with E-state index in [0.29, 0.717) is 23.8 Å². The van der Waals surface area contributed by atoms with Gasteiger partial charge in [-0.25, -0.2) is 14.0 Å². The number of aromatic nitrogens is 2. The highest BCUT2D eigenvalue weighted by molar-refractivity contribution is 9.10. The number of thioether (sulfide) groups is 1. The van der Waals surface area contributed by atoms with Crippen LogP contribution in [0.4, 0.5) is 15.9 Å². The Kier molecular flexibility index (Phi) is 7.75. The van der Waals surface area contributed by atoms with Crippen molar-refractivity contribution in [3.05, 3.63) is 34.2 Å². The number of hydrogen-bond acceptors (Lipinski definition) is 8. The second kappa shape index (κ2) is 9.80. The van der Waals surface area contributed by atoms with Crippen LogP contribution in [0.5, 0.6) is 0 Å². The summed E-state index contributed by atoms with van der Waals surface area (Å²) in [6, 6.07) is 4.17. The molecule has 0 aliphatic carbocycles. The summed E-state index contributed by atoms with van der Waals surface area (Å²) in [5, 5.41) is 19.9. The molecule has 1 heterocycles. The maximum absolute atomic E-state index is 13.3. The first-order chi connectivity index (χ1) is 12.4. The topological polar surface area (TPSA) is 98.8 Å². The Morgan fingerprint density at radius 3 is 2.88 bits per heavy atom. The van der Waals surface area contributed by atoms with Gasteiger partial charge >= 0.3 is 0 Å². The highest BCUT2D eigenvalue weighted by atomic mass is 79.9. The molecule has 0 atom stereocenters. The number of nitrogens with zero attached hydrogens (tertiary/aromatic N) is 4. The van der Waals surface area contributed by atoms with E-state index < -0.39 is 5.82 Å². The molecule has 1 aromatic heterocycles. The zero-order valence-electron chi connectivity index (χ0n) is 13.9. The van der Waals surface area contributed by atoms with Crippen molar-refractivity contribution in [2.75, 3.05) is 31.7 Å². The average molecular weight is 463 g/mol. The van der Waals surface area contributed by atoms with Gasteiger partial charge in [0.2, 0.25) is 5.82 Å². The second-order valence-corrected chi connectivity index (χ2v) is 7.65. The van der Waals surface area contributed by atoms with Gasteiger partial charge in [0, 0.05) is 26.4 Å². The van der Waals surface area contributed by atoms with E-state index in [2.05, 4.69) is 36.6 Å². The van der Waals surface area contributed by atoms with Gasteiger partial charge in [-0.3, -0.25) is 10.7 Å². The number of rotatable bonds is 6. The van der Waals surface area contributed by atoms with Crippen molar-refractivity contribution in [2.45, 2.75) is 0 Å². The number of anilines is 1. The second-order valence-electron chi connectivity index (χ2n) is 5.07. The van der Waals surface area contributed by atoms with Crippen LogP contribution in [0.2, 0.25) is 0 Å². The molecule has 0 unspecified atom stereocenters. The van der Waals surface area contributed by atoms with Crippen molar-refractivity contribution < 1.29 is 14.2 Å². The van der Waals surface area contributed by atoms with Crippen molar-refractivity contribution >= 4 is 61.6 Å². The summed E-state index contributed by atoms with van der Waals surface area (Å²) in [6.07, 6.45) is 0. The Balaban J connectivity index is 2.07. The number of hydrogen-bond donors (Lipinski definition) is 3. The van der Waals surface area contributed by atoms with E-state index in [1.807, 2.05) is 24.5 Å². The predicted octanol–water partition coefficient (Wildman–Crippen LogP) is 3.02. The Bertz CT molecular complexity index is 801. The van der Waals surface area contributed by atoms with E-state index in [1.165, 1.54) is 30.0 Å². The Morgan fingerprint density at radius 2 is 2.23 bits per heavy atom. The zero-order valence-corrected chi connectivity index (χ0v) is 17.1. The number of nitrogens with one attached hydrogen (secondary N) is 2. The summed E-state index contributed by atoms with van der Waals surface area (Å²) >= 11 is 9.79. The molecule has 140 valence electrons. The summed E-state index contributed by atoms with van der Waals surface area (Å²) < 4.78 is 19.1. The van der Waals surface area contributed by atoms with Gasteiger partial charge in [-0.05, 0) is 44.4 Å². The quantitative estimate of drug-likeness (QED) is 0.196. The van der Waals surface area contributed by atoms with E-state index in [9.17, 15) is 9.60 Å². The van der Waals surface area contributed by atoms with Crippen LogP contribution in [0.1, 0.15) is 5.69 Å². The standard InChI is InChI=1S/C14H16BrFN6O2S2/c1-22(2)14(25)26-6-5-17-12-11(20-24-21-12)13(19-23)18-8-3-4-10(16)9(15)7-8/h3-4,7,23H,5-6H2,1-2H3,(H,17,21)(H,18,19). The number of hydroxylamine groups is 1. The lowest BCUT2D eigenvalue weighted by molar-refractivity contribution is 0.234. The Morgan fingerprint density at radius 1 is 1.46 bits per heavy atom. The molecule has 2 aromatic rings. The van der Waals surface area contributed by atoms with Crippen molar-refractivity contribution in [1.82, 2.24) is 20.7 Å². The minimum atomic E-state index is -0.416. The third kappa shape index (κ3) is 5.62. The van der Waals surface area contributed by atoms with E-state index >= 15 is 0 Å². The maximum atomic E-state index is 13.3. The molecule has 0 bridgehead atoms. The summed E-state index contributed by atoms with van der Waals surface area (Å²) in [4.78, 5) is 6.04. The lowest BCUT2D eigenvalue weighted by Gasteiger charge is -2.12. The van der Waals surface area contributed by atoms with Crippen LogP contribution in [0.15, 0.2) is 32.3 Å². The average Bonchev–Trinajstić information content (AvgIpc) is 3.07. The van der Waals surface area contributed by atoms with Crippen molar-refractivity contribution in [3.8, 4) is 0 Å². The van der Waals surface area contributed by atoms with E-state index in [4.69, 9.17) is 16.8 Å². The van der Waals surface area contributed by atoms with E-state index in [-0.39, 0.29) is 16.0 Å². The van der Waals surface area contributed by atoms with Crippen LogP contribution in [0.25, 0.3) is 0 Å². The van der Waals surface area contributed by atoms with E-state index in [1.54, 1.807) is 0 Å². The number of aliphatic imine (C=N–C) groups is 1. The minimum absolute atomic E-state index is 0.00345. The first-order valence-corrected chi connectivity index (χ1v) is 9.45. The predicted molar refractivity (Wildman–Crippen MR) is 107 cm³/mol. The number of benzene rings is 1. The molecule has 0 radical (unpaired) electrons. The lowest BCUT2D eigenvalue weighted by atomic mass is 10.3. The SMILES string of the molecule is CN(C)C(=S)SCCNc1nonc1C(=Nc1ccc(F)c(Br)c1)NO. The first-order valence-electron chi connectivity index (χ1n) is 7.27. The fraction of sp³-hybridized carbons (Fsp3) is 0.286. The van der Waals surface area contributed by atoms with Crippen LogP contribution < -0.4 is 10.8 Å². The first kappa shape index (κ1) is 20.6. The molecule has 26 heavy (non-hydrogen) atoms. The molecule has 0 aliphatic rings. The summed E-state index contributed by atoms with van der Waals surface area (Å²) in [7, 11) is 3.76. The van der Waals surface area contributed by atoms with E-state index in [0.717, 1.165) is 4.32 Å². The molecule has 0 fully saturated rings. The van der Waals surface area contributed by atoms with Gasteiger partial charge in [0.15, 0.2) is 11.5 Å². The number of halogens is 2. The van der Waals surface area contributed by atoms with Gasteiger partial charge in [-0.15, -0.1) is 0 Å². The van der Waals surface area contributed by atoms with Gasteiger partial charge in [0.05, 0.1) is 10.2 Å². The van der Waals surface area contributed by atoms with Gasteiger partial charge in [-0.2, -0.15) is 0 Å². The molecule has 12 heteroatoms. The van der Waals surface area contributed by atoms with Crippen LogP contribution in [-0.2, 0) is 0 Å². The van der Waals surface area contributed by atoms with Crippen molar-refractivity contribution in [2.24, 2.45) is 4.99 Å². The van der Waals surface area contributed by atoms with Gasteiger partial charge in [-0.1, -0.05) is 24.0 Å². The zero-order chi connectivity index (χ0) is 19.1. The molecular weight excluding hydrogens is 447 g/mol. The largest absolute Gasteiger partial charge is 0.364 e. The van der Waals surface area contributed by atoms with Crippen molar-refractivity contribution in [1.29, 1.82) is 0 Å². The molecule has 0 saturated carbocycles. The summed E-state index contributed by atoms with van der Waals surface area (Å²) in [5.41, 5.74) is 2.54. The molecule has 0 aliphatic heterocycles. The molecule has 0 amide bonds. The van der Waals surface area contributed by atoms with Crippen LogP contribution >= 0.6 is 39.9 Å². The summed E-state index contributed by atoms with van der Waals surface area (Å²) in [6.45, 7) is 0.542. The van der Waals surface area contributed by atoms with Crippen LogP contribution in [-0.4, -0.2) is 57.0 Å². The third-order valence-electron chi connectivity index (χ3n) is 2.95. The van der Waals surface area contributed by atoms with Gasteiger partial charge in [0.25, 0.3) is 0 Å².